The summed E-state index contributed by atoms with van der Waals surface area (Å²) in [6.07, 6.45) is 1.33. The molecule has 0 spiro atoms. The predicted octanol–water partition coefficient (Wildman–Crippen LogP) is 2.70. The van der Waals surface area contributed by atoms with Gasteiger partial charge >= 0.3 is 0 Å². The maximum absolute atomic E-state index is 13.0. The van der Waals surface area contributed by atoms with Gasteiger partial charge < -0.3 is 19.5 Å². The lowest BCUT2D eigenvalue weighted by molar-refractivity contribution is -0.154. The number of nitriles is 1. The normalized spacial score (nSPS) is 22.8. The van der Waals surface area contributed by atoms with Gasteiger partial charge in [0.2, 0.25) is 5.91 Å². The Balaban J connectivity index is 1.49. The van der Waals surface area contributed by atoms with Crippen LogP contribution in [0.5, 0.6) is 5.75 Å². The van der Waals surface area contributed by atoms with E-state index >= 15 is 0 Å². The number of hydrogen-bond donors (Lipinski definition) is 1. The van der Waals surface area contributed by atoms with E-state index in [0.29, 0.717) is 26.1 Å². The van der Waals surface area contributed by atoms with Gasteiger partial charge in [0.15, 0.2) is 0 Å². The largest absolute Gasteiger partial charge is 0.497 e. The number of likely N-dealkylation sites (tertiary alicyclic amines) is 1. The number of rotatable bonds is 4. The average Bonchev–Trinajstić information content (AvgIpc) is 2.84. The first kappa shape index (κ1) is 21.9. The van der Waals surface area contributed by atoms with Gasteiger partial charge in [-0.3, -0.25) is 4.79 Å². The van der Waals surface area contributed by atoms with Gasteiger partial charge in [-0.25, -0.2) is 0 Å². The molecule has 0 saturated carbocycles. The zero-order valence-corrected chi connectivity index (χ0v) is 18.0. The van der Waals surface area contributed by atoms with Gasteiger partial charge in [0.1, 0.15) is 11.8 Å². The van der Waals surface area contributed by atoms with Crippen LogP contribution in [-0.4, -0.2) is 54.9 Å². The quantitative estimate of drug-likeness (QED) is 0.755. The summed E-state index contributed by atoms with van der Waals surface area (Å²) in [7, 11) is 1.62. The molecule has 2 fully saturated rings. The van der Waals surface area contributed by atoms with Gasteiger partial charge in [-0.1, -0.05) is 30.0 Å². The Kier molecular flexibility index (Phi) is 6.75. The molecule has 1 amide bonds. The first-order chi connectivity index (χ1) is 15.7. The van der Waals surface area contributed by atoms with Gasteiger partial charge in [0.25, 0.3) is 0 Å². The Bertz CT molecular complexity index is 1060. The van der Waals surface area contributed by atoms with E-state index in [1.165, 1.54) is 0 Å². The van der Waals surface area contributed by atoms with Crippen LogP contribution < -0.4 is 4.74 Å². The highest BCUT2D eigenvalue weighted by Gasteiger charge is 2.52. The van der Waals surface area contributed by atoms with E-state index < -0.39 is 6.04 Å². The lowest BCUT2D eigenvalue weighted by Gasteiger charge is -2.52. The molecule has 0 aromatic heterocycles. The molecule has 6 nitrogen and oxygen atoms in total. The minimum Gasteiger partial charge on any atom is -0.497 e. The fourth-order valence-corrected chi connectivity index (χ4v) is 4.50. The summed E-state index contributed by atoms with van der Waals surface area (Å²) in [4.78, 5) is 14.6. The first-order valence-corrected chi connectivity index (χ1v) is 10.8. The smallest absolute Gasteiger partial charge is 0.227 e. The van der Waals surface area contributed by atoms with E-state index in [0.717, 1.165) is 22.4 Å². The number of methoxy groups -OCH3 is 1. The molecule has 2 heterocycles. The zero-order valence-electron chi connectivity index (χ0n) is 18.0. The summed E-state index contributed by atoms with van der Waals surface area (Å²) in [5.41, 5.74) is 2.64. The molecule has 2 aliphatic rings. The molecular formula is C26H26N2O4. The van der Waals surface area contributed by atoms with E-state index in [2.05, 4.69) is 17.9 Å². The van der Waals surface area contributed by atoms with Crippen molar-refractivity contribution in [1.82, 2.24) is 4.90 Å². The number of aliphatic hydroxyl groups is 1. The van der Waals surface area contributed by atoms with E-state index in [4.69, 9.17) is 9.47 Å². The lowest BCUT2D eigenvalue weighted by Crippen LogP contribution is -2.66. The fourth-order valence-electron chi connectivity index (χ4n) is 4.50. The summed E-state index contributed by atoms with van der Waals surface area (Å²) >= 11 is 0. The number of benzene rings is 2. The van der Waals surface area contributed by atoms with E-state index in [1.54, 1.807) is 12.0 Å². The van der Waals surface area contributed by atoms with E-state index in [9.17, 15) is 15.2 Å². The number of carbonyl (C=O) groups excluding carboxylic acids is 1. The van der Waals surface area contributed by atoms with Crippen molar-refractivity contribution in [2.45, 2.75) is 30.8 Å². The van der Waals surface area contributed by atoms with Crippen molar-refractivity contribution < 1.29 is 19.4 Å². The molecule has 2 aromatic carbocycles. The predicted molar refractivity (Wildman–Crippen MR) is 119 cm³/mol. The van der Waals surface area contributed by atoms with E-state index in [1.807, 2.05) is 48.5 Å². The molecule has 4 rings (SSSR count). The van der Waals surface area contributed by atoms with Crippen molar-refractivity contribution in [1.29, 1.82) is 5.26 Å². The van der Waals surface area contributed by atoms with Crippen LogP contribution in [0.15, 0.2) is 48.5 Å². The number of amides is 1. The molecule has 0 radical (unpaired) electrons. The second-order valence-electron chi connectivity index (χ2n) is 8.09. The second kappa shape index (κ2) is 9.87. The minimum atomic E-state index is -0.573. The molecule has 0 aliphatic carbocycles. The third-order valence-corrected chi connectivity index (χ3v) is 6.27. The Morgan fingerprint density at radius 3 is 2.53 bits per heavy atom. The van der Waals surface area contributed by atoms with Gasteiger partial charge in [0.05, 0.1) is 25.8 Å². The molecule has 0 unspecified atom stereocenters. The molecule has 0 bridgehead atoms. The molecule has 2 aromatic rings. The first-order valence-electron chi connectivity index (χ1n) is 10.8. The Morgan fingerprint density at radius 2 is 1.88 bits per heavy atom. The highest BCUT2D eigenvalue weighted by molar-refractivity contribution is 5.81. The summed E-state index contributed by atoms with van der Waals surface area (Å²) in [6, 6.07) is 16.6. The Labute approximate surface area is 188 Å². The van der Waals surface area contributed by atoms with Crippen molar-refractivity contribution in [2.24, 2.45) is 5.92 Å². The number of ether oxygens (including phenoxy) is 2. The van der Waals surface area contributed by atoms with Crippen LogP contribution >= 0.6 is 0 Å². The summed E-state index contributed by atoms with van der Waals surface area (Å²) in [5.74, 6) is 6.63. The highest BCUT2D eigenvalue weighted by Crippen LogP contribution is 2.42. The summed E-state index contributed by atoms with van der Waals surface area (Å²) < 4.78 is 10.6. The van der Waals surface area contributed by atoms with Crippen molar-refractivity contribution in [3.63, 3.8) is 0 Å². The zero-order chi connectivity index (χ0) is 22.5. The van der Waals surface area contributed by atoms with Crippen LogP contribution in [0.25, 0.3) is 0 Å². The van der Waals surface area contributed by atoms with Crippen LogP contribution in [0.4, 0.5) is 0 Å². The number of aliphatic hydroxyl groups excluding tert-OH is 1. The van der Waals surface area contributed by atoms with Crippen LogP contribution in [0.3, 0.4) is 0 Å². The molecule has 1 N–H and O–H groups in total. The standard InChI is InChI=1S/C26H26N2O4/c1-31-22-4-2-3-19(15-22)6-5-18-7-9-20(10-8-18)25-23(16-27)28(24(25)17-29)26(30)21-11-13-32-14-12-21/h2-4,7-10,15,21,23-25,29H,11-14,17H2,1H3/t23-,24+,25-/m1/s1. The molecule has 164 valence electrons. The van der Waals surface area contributed by atoms with Crippen LogP contribution in [0.2, 0.25) is 0 Å². The van der Waals surface area contributed by atoms with Crippen LogP contribution in [0.1, 0.15) is 35.4 Å². The number of carbonyl (C=O) groups is 1. The molecule has 6 heteroatoms. The van der Waals surface area contributed by atoms with Crippen molar-refractivity contribution in [3.8, 4) is 23.7 Å². The third-order valence-electron chi connectivity index (χ3n) is 6.27. The maximum Gasteiger partial charge on any atom is 0.227 e. The van der Waals surface area contributed by atoms with Crippen molar-refractivity contribution >= 4 is 5.91 Å². The Hall–Kier alpha value is -3.32. The SMILES string of the molecule is COc1cccc(C#Cc2ccc([C@@H]3[C@@H](C#N)N(C(=O)C4CCOCC4)[C@H]3CO)cc2)c1. The van der Waals surface area contributed by atoms with Gasteiger partial charge in [0, 0.05) is 36.2 Å². The lowest BCUT2D eigenvalue weighted by atomic mass is 9.74. The molecule has 2 aliphatic heterocycles. The molecular weight excluding hydrogens is 404 g/mol. The van der Waals surface area contributed by atoms with Crippen LogP contribution in [-0.2, 0) is 9.53 Å². The number of nitrogens with zero attached hydrogens (tertiary/aromatic N) is 2. The average molecular weight is 431 g/mol. The molecule has 32 heavy (non-hydrogen) atoms. The van der Waals surface area contributed by atoms with Crippen molar-refractivity contribution in [2.75, 3.05) is 26.9 Å². The molecule has 3 atom stereocenters. The van der Waals surface area contributed by atoms with Crippen molar-refractivity contribution in [3.05, 3.63) is 65.2 Å². The van der Waals surface area contributed by atoms with Gasteiger partial charge in [-0.05, 0) is 48.7 Å². The van der Waals surface area contributed by atoms with Gasteiger partial charge in [-0.15, -0.1) is 0 Å². The van der Waals surface area contributed by atoms with Gasteiger partial charge in [-0.2, -0.15) is 5.26 Å². The highest BCUT2D eigenvalue weighted by atomic mass is 16.5. The third kappa shape index (κ3) is 4.34. The maximum atomic E-state index is 13.0. The summed E-state index contributed by atoms with van der Waals surface area (Å²) in [6.45, 7) is 0.953. The monoisotopic (exact) mass is 430 g/mol. The summed E-state index contributed by atoms with van der Waals surface area (Å²) in [5, 5.41) is 19.8. The van der Waals surface area contributed by atoms with Crippen LogP contribution in [0, 0.1) is 29.1 Å². The molecule has 2 saturated heterocycles. The topological polar surface area (TPSA) is 82.8 Å². The number of hydrogen-bond acceptors (Lipinski definition) is 5. The minimum absolute atomic E-state index is 0.0454. The Morgan fingerprint density at radius 1 is 1.16 bits per heavy atom. The van der Waals surface area contributed by atoms with E-state index in [-0.39, 0.29) is 30.4 Å². The fraction of sp³-hybridized carbons (Fsp3) is 0.385. The second-order valence-corrected chi connectivity index (χ2v) is 8.09.